The quantitative estimate of drug-likeness (QED) is 0.0320. The van der Waals surface area contributed by atoms with Crippen molar-refractivity contribution in [1.29, 1.82) is 0 Å². The number of aliphatic hydroxyl groups excluding tert-OH is 2. The van der Waals surface area contributed by atoms with Crippen molar-refractivity contribution in [3.63, 3.8) is 0 Å². The molecule has 0 saturated heterocycles. The zero-order valence-electron chi connectivity index (χ0n) is 51.1. The number of allylic oxidation sites excluding steroid dienone is 2. The fraction of sp³-hybridized carbons (Fsp3) is 0.942. The molecule has 75 heavy (non-hydrogen) atoms. The maximum atomic E-state index is 12.5. The monoisotopic (exact) mass is 1060 g/mol. The van der Waals surface area contributed by atoms with Crippen molar-refractivity contribution in [2.75, 3.05) is 13.2 Å². The summed E-state index contributed by atoms with van der Waals surface area (Å²) in [5.41, 5.74) is 0. The fourth-order valence-corrected chi connectivity index (χ4v) is 11.1. The van der Waals surface area contributed by atoms with Crippen LogP contribution < -0.4 is 5.32 Å². The summed E-state index contributed by atoms with van der Waals surface area (Å²) in [6.07, 6.45) is 79.6. The number of rotatable bonds is 65. The lowest BCUT2D eigenvalue weighted by atomic mass is 10.0. The van der Waals surface area contributed by atoms with Gasteiger partial charge in [0.25, 0.3) is 0 Å². The number of esters is 1. The second kappa shape index (κ2) is 65.1. The largest absolute Gasteiger partial charge is 0.466 e. The minimum absolute atomic E-state index is 0.0165. The number of hydrogen-bond acceptors (Lipinski definition) is 5. The molecule has 1 amide bonds. The summed E-state index contributed by atoms with van der Waals surface area (Å²) in [5.74, 6) is -0.0188. The lowest BCUT2D eigenvalue weighted by molar-refractivity contribution is -0.143. The van der Waals surface area contributed by atoms with Gasteiger partial charge in [-0.3, -0.25) is 9.59 Å². The van der Waals surface area contributed by atoms with Gasteiger partial charge in [-0.15, -0.1) is 0 Å². The third kappa shape index (κ3) is 61.7. The van der Waals surface area contributed by atoms with Crippen molar-refractivity contribution in [2.24, 2.45) is 0 Å². The minimum Gasteiger partial charge on any atom is -0.466 e. The van der Waals surface area contributed by atoms with Crippen molar-refractivity contribution in [3.05, 3.63) is 12.2 Å². The number of nitrogens with one attached hydrogen (secondary N) is 1. The predicted molar refractivity (Wildman–Crippen MR) is 329 cm³/mol. The van der Waals surface area contributed by atoms with Gasteiger partial charge in [0.15, 0.2) is 0 Å². The van der Waals surface area contributed by atoms with Crippen molar-refractivity contribution in [1.82, 2.24) is 5.32 Å². The Morgan fingerprint density at radius 1 is 0.360 bits per heavy atom. The van der Waals surface area contributed by atoms with E-state index < -0.39 is 12.1 Å². The number of ether oxygens (including phenoxy) is 1. The smallest absolute Gasteiger partial charge is 0.305 e. The number of unbranched alkanes of at least 4 members (excludes halogenated alkanes) is 52. The zero-order valence-corrected chi connectivity index (χ0v) is 51.1. The van der Waals surface area contributed by atoms with Crippen molar-refractivity contribution in [2.45, 2.75) is 405 Å². The van der Waals surface area contributed by atoms with E-state index in [-0.39, 0.29) is 18.5 Å². The van der Waals surface area contributed by atoms with Gasteiger partial charge in [0.2, 0.25) is 5.91 Å². The molecular weight excluding hydrogens is 923 g/mol. The molecule has 2 atom stereocenters. The average molecular weight is 1060 g/mol. The first kappa shape index (κ1) is 73.6. The molecule has 0 aromatic carbocycles. The van der Waals surface area contributed by atoms with E-state index in [0.717, 1.165) is 38.5 Å². The molecule has 0 spiro atoms. The standard InChI is InChI=1S/C69H135NO5/c1-3-5-7-9-11-13-15-17-19-20-27-30-34-37-41-45-49-53-57-61-67(72)66(65-71)70-68(73)62-58-54-50-46-42-38-35-31-28-25-23-21-22-24-26-29-32-36-40-44-48-52-56-60-64-75-69(74)63-59-55-51-47-43-39-33-18-16-14-12-10-8-6-4-2/h23,25,66-67,71-72H,3-22,24,26-65H2,1-2H3,(H,70,73)/b25-23-. The molecule has 2 unspecified atom stereocenters. The van der Waals surface area contributed by atoms with E-state index in [1.807, 2.05) is 0 Å². The highest BCUT2D eigenvalue weighted by molar-refractivity contribution is 5.76. The van der Waals surface area contributed by atoms with Crippen molar-refractivity contribution < 1.29 is 24.5 Å². The van der Waals surface area contributed by atoms with Crippen LogP contribution in [-0.4, -0.2) is 47.4 Å². The second-order valence-corrected chi connectivity index (χ2v) is 23.9. The molecule has 0 radical (unpaired) electrons. The molecule has 6 nitrogen and oxygen atoms in total. The Labute approximate surface area is 469 Å². The number of amides is 1. The highest BCUT2D eigenvalue weighted by Crippen LogP contribution is 2.19. The Morgan fingerprint density at radius 2 is 0.627 bits per heavy atom. The van der Waals surface area contributed by atoms with Crippen LogP contribution in [0.15, 0.2) is 12.2 Å². The van der Waals surface area contributed by atoms with Gasteiger partial charge < -0.3 is 20.3 Å². The molecule has 6 heteroatoms. The Hall–Kier alpha value is -1.40. The van der Waals surface area contributed by atoms with E-state index >= 15 is 0 Å². The first-order chi connectivity index (χ1) is 37.0. The van der Waals surface area contributed by atoms with Crippen LogP contribution in [0, 0.1) is 0 Å². The van der Waals surface area contributed by atoms with E-state index in [1.165, 1.54) is 321 Å². The summed E-state index contributed by atoms with van der Waals surface area (Å²) in [5, 5.41) is 23.4. The third-order valence-corrected chi connectivity index (χ3v) is 16.3. The Morgan fingerprint density at radius 3 is 0.947 bits per heavy atom. The van der Waals surface area contributed by atoms with Crippen LogP contribution in [0.2, 0.25) is 0 Å². The zero-order chi connectivity index (χ0) is 54.3. The summed E-state index contributed by atoms with van der Waals surface area (Å²) < 4.78 is 5.50. The number of hydrogen-bond donors (Lipinski definition) is 3. The molecular formula is C69H135NO5. The summed E-state index contributed by atoms with van der Waals surface area (Å²) in [4.78, 5) is 24.6. The van der Waals surface area contributed by atoms with Crippen LogP contribution >= 0.6 is 0 Å². The SMILES string of the molecule is CCCCCCCCCCCCCCCCCCCCCC(O)C(CO)NC(=O)CCCCCCCCCC/C=C\CCCCCCCCCCCCCCOC(=O)CCCCCCCCCCCCCCCCC. The molecule has 0 aliphatic heterocycles. The molecule has 0 aromatic rings. The summed E-state index contributed by atoms with van der Waals surface area (Å²) >= 11 is 0. The van der Waals surface area contributed by atoms with E-state index in [1.54, 1.807) is 0 Å². The Bertz CT molecular complexity index is 1130. The molecule has 0 aliphatic carbocycles. The van der Waals surface area contributed by atoms with Gasteiger partial charge in [-0.25, -0.2) is 0 Å². The summed E-state index contributed by atoms with van der Waals surface area (Å²) in [6.45, 7) is 4.99. The molecule has 0 heterocycles. The molecule has 0 saturated carbocycles. The fourth-order valence-electron chi connectivity index (χ4n) is 11.1. The lowest BCUT2D eigenvalue weighted by Crippen LogP contribution is -2.45. The maximum absolute atomic E-state index is 12.5. The second-order valence-electron chi connectivity index (χ2n) is 23.9. The van der Waals surface area contributed by atoms with Crippen LogP contribution in [0.25, 0.3) is 0 Å². The predicted octanol–water partition coefficient (Wildman–Crippen LogP) is 22.0. The van der Waals surface area contributed by atoms with Gasteiger partial charge in [0.1, 0.15) is 0 Å². The summed E-state index contributed by atoms with van der Waals surface area (Å²) in [7, 11) is 0. The number of carbonyl (C=O) groups is 2. The highest BCUT2D eigenvalue weighted by Gasteiger charge is 2.20. The van der Waals surface area contributed by atoms with Gasteiger partial charge in [-0.05, 0) is 51.4 Å². The van der Waals surface area contributed by atoms with Crippen molar-refractivity contribution >= 4 is 11.9 Å². The molecule has 0 aromatic heterocycles. The summed E-state index contributed by atoms with van der Waals surface area (Å²) in [6, 6.07) is -0.545. The minimum atomic E-state index is -0.667. The molecule has 0 bridgehead atoms. The maximum Gasteiger partial charge on any atom is 0.305 e. The van der Waals surface area contributed by atoms with Crippen molar-refractivity contribution in [3.8, 4) is 0 Å². The number of aliphatic hydroxyl groups is 2. The Balaban J connectivity index is 3.39. The van der Waals surface area contributed by atoms with Gasteiger partial charge in [-0.1, -0.05) is 341 Å². The van der Waals surface area contributed by atoms with Crippen LogP contribution in [0.1, 0.15) is 393 Å². The van der Waals surface area contributed by atoms with Gasteiger partial charge in [-0.2, -0.15) is 0 Å². The molecule has 0 rings (SSSR count). The van der Waals surface area contributed by atoms with Gasteiger partial charge >= 0.3 is 5.97 Å². The normalized spacial score (nSPS) is 12.5. The third-order valence-electron chi connectivity index (χ3n) is 16.3. The first-order valence-corrected chi connectivity index (χ1v) is 34.4. The van der Waals surface area contributed by atoms with E-state index in [0.29, 0.717) is 25.9 Å². The average Bonchev–Trinajstić information content (AvgIpc) is 3.41. The van der Waals surface area contributed by atoms with E-state index in [9.17, 15) is 19.8 Å². The van der Waals surface area contributed by atoms with Crippen LogP contribution in [0.3, 0.4) is 0 Å². The van der Waals surface area contributed by atoms with Crippen LogP contribution in [-0.2, 0) is 14.3 Å². The lowest BCUT2D eigenvalue weighted by Gasteiger charge is -2.22. The topological polar surface area (TPSA) is 95.9 Å². The van der Waals surface area contributed by atoms with Crippen LogP contribution in [0.4, 0.5) is 0 Å². The van der Waals surface area contributed by atoms with Gasteiger partial charge in [0.05, 0.1) is 25.4 Å². The molecule has 3 N–H and O–H groups in total. The van der Waals surface area contributed by atoms with E-state index in [4.69, 9.17) is 4.74 Å². The molecule has 0 fully saturated rings. The highest BCUT2D eigenvalue weighted by atomic mass is 16.5. The van der Waals surface area contributed by atoms with E-state index in [2.05, 4.69) is 31.3 Å². The van der Waals surface area contributed by atoms with Gasteiger partial charge in [0, 0.05) is 12.8 Å². The molecule has 446 valence electrons. The Kier molecular flexibility index (Phi) is 63.9. The first-order valence-electron chi connectivity index (χ1n) is 34.4. The number of carbonyl (C=O) groups excluding carboxylic acids is 2. The van der Waals surface area contributed by atoms with Crippen LogP contribution in [0.5, 0.6) is 0 Å². The molecule has 0 aliphatic rings.